The van der Waals surface area contributed by atoms with E-state index in [2.05, 4.69) is 27.7 Å². The summed E-state index contributed by atoms with van der Waals surface area (Å²) in [5.74, 6) is 0. The largest absolute Gasteiger partial charge is 0.744 e. The minimum atomic E-state index is -4.27. The zero-order chi connectivity index (χ0) is 20.1. The first-order chi connectivity index (χ1) is 12.2. The predicted molar refractivity (Wildman–Crippen MR) is 116 cm³/mol. The molecule has 0 fully saturated rings. The van der Waals surface area contributed by atoms with Crippen molar-refractivity contribution in [1.29, 1.82) is 0 Å². The molecule has 0 spiro atoms. The molecular weight excluding hydrogens is 363 g/mol. The Labute approximate surface area is 163 Å². The van der Waals surface area contributed by atoms with Crippen molar-refractivity contribution in [3.63, 3.8) is 0 Å². The summed E-state index contributed by atoms with van der Waals surface area (Å²) < 4.78 is 31.2. The fourth-order valence-electron chi connectivity index (χ4n) is 3.00. The van der Waals surface area contributed by atoms with E-state index in [9.17, 15) is 13.0 Å². The third-order valence-corrected chi connectivity index (χ3v) is 10.9. The van der Waals surface area contributed by atoms with Crippen molar-refractivity contribution in [2.24, 2.45) is 0 Å². The standard InChI is InChI=1S/C14H32P.C7H8O3S/c1-5-9-12-15(8-4,13-10-6-2)14-11-7-3;1-6-2-4-7(5-3-6)11(8,9)10/h5-14H2,1-4H3;2-5H,1H3,(H,8,9,10)/q+1;/p-1. The lowest BCUT2D eigenvalue weighted by Gasteiger charge is -2.26. The van der Waals surface area contributed by atoms with Crippen LogP contribution in [-0.4, -0.2) is 37.6 Å². The molecule has 0 atom stereocenters. The van der Waals surface area contributed by atoms with E-state index in [1.165, 1.54) is 56.8 Å². The van der Waals surface area contributed by atoms with Crippen molar-refractivity contribution in [3.8, 4) is 0 Å². The zero-order valence-electron chi connectivity index (χ0n) is 17.5. The molecule has 0 N–H and O–H groups in total. The van der Waals surface area contributed by atoms with Gasteiger partial charge in [0.2, 0.25) is 0 Å². The van der Waals surface area contributed by atoms with Crippen LogP contribution in [0.3, 0.4) is 0 Å². The number of hydrogen-bond acceptors (Lipinski definition) is 3. The fraction of sp³-hybridized carbons (Fsp3) is 0.714. The average Bonchev–Trinajstić information content (AvgIpc) is 2.62. The van der Waals surface area contributed by atoms with Crippen LogP contribution in [0.4, 0.5) is 0 Å². The van der Waals surface area contributed by atoms with Crippen LogP contribution in [-0.2, 0) is 10.1 Å². The Morgan fingerprint density at radius 1 is 0.808 bits per heavy atom. The summed E-state index contributed by atoms with van der Waals surface area (Å²) in [5, 5.41) is 0. The minimum absolute atomic E-state index is 0.178. The molecule has 0 aromatic heterocycles. The highest BCUT2D eigenvalue weighted by Gasteiger charge is 2.32. The molecule has 26 heavy (non-hydrogen) atoms. The maximum absolute atomic E-state index is 10.4. The molecule has 0 saturated heterocycles. The monoisotopic (exact) mass is 402 g/mol. The van der Waals surface area contributed by atoms with Gasteiger partial charge >= 0.3 is 0 Å². The minimum Gasteiger partial charge on any atom is -0.744 e. The van der Waals surface area contributed by atoms with Gasteiger partial charge in [0, 0.05) is 7.26 Å². The van der Waals surface area contributed by atoms with Gasteiger partial charge < -0.3 is 4.55 Å². The second-order valence-corrected chi connectivity index (χ2v) is 13.2. The zero-order valence-corrected chi connectivity index (χ0v) is 19.2. The molecule has 0 amide bonds. The van der Waals surface area contributed by atoms with Crippen LogP contribution in [0.2, 0.25) is 0 Å². The van der Waals surface area contributed by atoms with Crippen LogP contribution in [0, 0.1) is 6.92 Å². The summed E-state index contributed by atoms with van der Waals surface area (Å²) in [7, 11) is -4.80. The Morgan fingerprint density at radius 2 is 1.19 bits per heavy atom. The Kier molecular flexibility index (Phi) is 13.5. The molecule has 1 aromatic rings. The second kappa shape index (κ2) is 13.7. The third kappa shape index (κ3) is 10.6. The van der Waals surface area contributed by atoms with Crippen LogP contribution in [0.1, 0.15) is 71.8 Å². The molecule has 0 aliphatic heterocycles. The molecule has 0 saturated carbocycles. The van der Waals surface area contributed by atoms with Gasteiger partial charge in [0.05, 0.1) is 29.5 Å². The van der Waals surface area contributed by atoms with Crippen LogP contribution < -0.4 is 0 Å². The third-order valence-electron chi connectivity index (χ3n) is 4.94. The van der Waals surface area contributed by atoms with Gasteiger partial charge in [0.1, 0.15) is 10.1 Å². The van der Waals surface area contributed by atoms with Gasteiger partial charge in [-0.1, -0.05) is 57.7 Å². The SMILES string of the molecule is CCCC[P+](CC)(CCCC)CCCC.Cc1ccc(S(=O)(=O)[O-])cc1. The summed E-state index contributed by atoms with van der Waals surface area (Å²) in [6.07, 6.45) is 14.9. The summed E-state index contributed by atoms with van der Waals surface area (Å²) in [6, 6.07) is 5.78. The first-order valence-corrected chi connectivity index (χ1v) is 14.1. The van der Waals surface area contributed by atoms with Crippen LogP contribution in [0.25, 0.3) is 0 Å². The van der Waals surface area contributed by atoms with E-state index in [4.69, 9.17) is 0 Å². The van der Waals surface area contributed by atoms with Gasteiger partial charge in [0.25, 0.3) is 0 Å². The molecule has 1 rings (SSSR count). The van der Waals surface area contributed by atoms with E-state index < -0.39 is 17.4 Å². The first-order valence-electron chi connectivity index (χ1n) is 10.1. The Balaban J connectivity index is 0.000000502. The Bertz CT molecular complexity index is 546. The van der Waals surface area contributed by atoms with Crippen LogP contribution in [0.15, 0.2) is 29.2 Å². The van der Waals surface area contributed by atoms with Gasteiger partial charge in [-0.2, -0.15) is 0 Å². The normalized spacial score (nSPS) is 11.8. The molecule has 152 valence electrons. The highest BCUT2D eigenvalue weighted by atomic mass is 32.2. The van der Waals surface area contributed by atoms with E-state index in [1.54, 1.807) is 30.6 Å². The van der Waals surface area contributed by atoms with Gasteiger partial charge in [-0.05, 0) is 45.2 Å². The van der Waals surface area contributed by atoms with Crippen molar-refractivity contribution >= 4 is 17.4 Å². The van der Waals surface area contributed by atoms with E-state index in [0.29, 0.717) is 0 Å². The van der Waals surface area contributed by atoms with Gasteiger partial charge in [-0.15, -0.1) is 0 Å². The molecule has 0 radical (unpaired) electrons. The number of hydrogen-bond donors (Lipinski definition) is 0. The molecule has 0 bridgehead atoms. The van der Waals surface area contributed by atoms with Gasteiger partial charge in [0.15, 0.2) is 0 Å². The van der Waals surface area contributed by atoms with E-state index in [1.807, 2.05) is 6.92 Å². The predicted octanol–water partition coefficient (Wildman–Crippen LogP) is 6.32. The molecule has 1 aromatic carbocycles. The molecule has 0 aliphatic rings. The van der Waals surface area contributed by atoms with Crippen molar-refractivity contribution in [1.82, 2.24) is 0 Å². The first kappa shape index (κ1) is 25.6. The fourth-order valence-corrected chi connectivity index (χ4v) is 8.05. The van der Waals surface area contributed by atoms with E-state index >= 15 is 0 Å². The van der Waals surface area contributed by atoms with Crippen molar-refractivity contribution in [3.05, 3.63) is 29.8 Å². The van der Waals surface area contributed by atoms with Crippen LogP contribution in [0.5, 0.6) is 0 Å². The number of unbranched alkanes of at least 4 members (excludes halogenated alkanes) is 3. The van der Waals surface area contributed by atoms with Crippen LogP contribution >= 0.6 is 7.26 Å². The van der Waals surface area contributed by atoms with Gasteiger partial charge in [-0.25, -0.2) is 8.42 Å². The quantitative estimate of drug-likeness (QED) is 0.321. The molecule has 0 unspecified atom stereocenters. The van der Waals surface area contributed by atoms with Crippen molar-refractivity contribution < 1.29 is 13.0 Å². The smallest absolute Gasteiger partial charge is 0.124 e. The van der Waals surface area contributed by atoms with E-state index in [-0.39, 0.29) is 4.90 Å². The summed E-state index contributed by atoms with van der Waals surface area (Å²) in [5.41, 5.74) is 0.928. The lowest BCUT2D eigenvalue weighted by Crippen LogP contribution is -2.11. The average molecular weight is 403 g/mol. The highest BCUT2D eigenvalue weighted by Crippen LogP contribution is 2.60. The maximum Gasteiger partial charge on any atom is 0.124 e. The maximum atomic E-state index is 10.4. The van der Waals surface area contributed by atoms with Crippen molar-refractivity contribution in [2.75, 3.05) is 24.6 Å². The summed E-state index contributed by atoms with van der Waals surface area (Å²) in [4.78, 5) is -0.178. The summed E-state index contributed by atoms with van der Waals surface area (Å²) >= 11 is 0. The highest BCUT2D eigenvalue weighted by molar-refractivity contribution is 7.85. The lowest BCUT2D eigenvalue weighted by molar-refractivity contribution is 0.463. The van der Waals surface area contributed by atoms with E-state index in [0.717, 1.165) is 5.56 Å². The van der Waals surface area contributed by atoms with Crippen molar-refractivity contribution in [2.45, 2.75) is 78.0 Å². The number of aryl methyl sites for hydroxylation is 1. The number of rotatable bonds is 11. The molecular formula is C21H39O3PS. The topological polar surface area (TPSA) is 57.2 Å². The molecule has 3 nitrogen and oxygen atoms in total. The molecule has 0 aliphatic carbocycles. The lowest BCUT2D eigenvalue weighted by atomic mass is 10.2. The Morgan fingerprint density at radius 3 is 1.46 bits per heavy atom. The summed E-state index contributed by atoms with van der Waals surface area (Å²) in [6.45, 7) is 11.3. The second-order valence-electron chi connectivity index (χ2n) is 7.16. The molecule has 0 heterocycles. The number of benzene rings is 1. The molecule has 5 heteroatoms. The van der Waals surface area contributed by atoms with Gasteiger partial charge in [-0.3, -0.25) is 0 Å². The Hall–Kier alpha value is -0.440.